The van der Waals surface area contributed by atoms with E-state index in [2.05, 4.69) is 57.8 Å². The van der Waals surface area contributed by atoms with Crippen LogP contribution in [0.3, 0.4) is 0 Å². The van der Waals surface area contributed by atoms with Gasteiger partial charge in [-0.15, -0.1) is 0 Å². The summed E-state index contributed by atoms with van der Waals surface area (Å²) in [6.07, 6.45) is 1.04. The summed E-state index contributed by atoms with van der Waals surface area (Å²) in [7, 11) is 2.14. The molecular formula is C15H26N2. The van der Waals surface area contributed by atoms with E-state index in [9.17, 15) is 0 Å². The molecule has 0 spiro atoms. The van der Waals surface area contributed by atoms with Crippen LogP contribution in [0, 0.1) is 6.92 Å². The number of benzene rings is 1. The monoisotopic (exact) mass is 234 g/mol. The summed E-state index contributed by atoms with van der Waals surface area (Å²) in [6.45, 7) is 10.7. The quantitative estimate of drug-likeness (QED) is 0.867. The Morgan fingerprint density at radius 1 is 1.24 bits per heavy atom. The molecule has 0 unspecified atom stereocenters. The molecule has 1 aromatic rings. The van der Waals surface area contributed by atoms with Gasteiger partial charge >= 0.3 is 0 Å². The van der Waals surface area contributed by atoms with Gasteiger partial charge in [0.2, 0.25) is 0 Å². The molecule has 0 aliphatic rings. The van der Waals surface area contributed by atoms with Gasteiger partial charge in [-0.25, -0.2) is 0 Å². The van der Waals surface area contributed by atoms with Crippen molar-refractivity contribution in [2.24, 2.45) is 5.73 Å². The van der Waals surface area contributed by atoms with Crippen LogP contribution in [0.2, 0.25) is 0 Å². The smallest absolute Gasteiger partial charge is 0.0396 e. The second kappa shape index (κ2) is 5.54. The zero-order valence-electron chi connectivity index (χ0n) is 11.9. The number of rotatable bonds is 4. The van der Waals surface area contributed by atoms with Crippen molar-refractivity contribution in [1.29, 1.82) is 0 Å². The van der Waals surface area contributed by atoms with E-state index >= 15 is 0 Å². The van der Waals surface area contributed by atoms with Crippen LogP contribution >= 0.6 is 0 Å². The molecule has 0 aliphatic carbocycles. The van der Waals surface area contributed by atoms with Gasteiger partial charge in [0.15, 0.2) is 0 Å². The molecule has 0 amide bonds. The first-order chi connectivity index (χ1) is 7.86. The highest BCUT2D eigenvalue weighted by atomic mass is 15.1. The molecule has 0 bridgehead atoms. The van der Waals surface area contributed by atoms with Crippen LogP contribution in [0.4, 0.5) is 5.69 Å². The zero-order valence-corrected chi connectivity index (χ0v) is 11.9. The van der Waals surface area contributed by atoms with Crippen LogP contribution in [0.25, 0.3) is 0 Å². The van der Waals surface area contributed by atoms with E-state index in [0.717, 1.165) is 19.5 Å². The first-order valence-corrected chi connectivity index (χ1v) is 6.38. The molecule has 2 heteroatoms. The number of nitrogens with zero attached hydrogens (tertiary/aromatic N) is 1. The molecule has 0 aliphatic heterocycles. The molecule has 17 heavy (non-hydrogen) atoms. The summed E-state index contributed by atoms with van der Waals surface area (Å²) in [4.78, 5) is 2.30. The van der Waals surface area contributed by atoms with Gasteiger partial charge in [-0.1, -0.05) is 32.9 Å². The van der Waals surface area contributed by atoms with Gasteiger partial charge in [0.05, 0.1) is 0 Å². The zero-order chi connectivity index (χ0) is 13.1. The van der Waals surface area contributed by atoms with E-state index < -0.39 is 0 Å². The average molecular weight is 234 g/mol. The number of aryl methyl sites for hydroxylation is 1. The fraction of sp³-hybridized carbons (Fsp3) is 0.600. The molecule has 0 fully saturated rings. The summed E-state index contributed by atoms with van der Waals surface area (Å²) in [5.41, 5.74) is 9.81. The van der Waals surface area contributed by atoms with E-state index in [-0.39, 0.29) is 5.41 Å². The highest BCUT2D eigenvalue weighted by molar-refractivity contribution is 5.55. The standard InChI is InChI=1S/C15H26N2/c1-12-7-8-13(15(2,3)4)11-14(12)17(5)10-6-9-16/h7-8,11H,6,9-10,16H2,1-5H3. The Labute approximate surface area is 106 Å². The van der Waals surface area contributed by atoms with Crippen molar-refractivity contribution in [1.82, 2.24) is 0 Å². The average Bonchev–Trinajstić information content (AvgIpc) is 2.24. The minimum absolute atomic E-state index is 0.206. The Morgan fingerprint density at radius 3 is 2.41 bits per heavy atom. The Morgan fingerprint density at radius 2 is 1.88 bits per heavy atom. The van der Waals surface area contributed by atoms with Crippen molar-refractivity contribution in [2.75, 3.05) is 25.0 Å². The number of nitrogens with two attached hydrogens (primary N) is 1. The minimum Gasteiger partial charge on any atom is -0.374 e. The predicted octanol–water partition coefficient (Wildman–Crippen LogP) is 3.08. The van der Waals surface area contributed by atoms with Crippen LogP contribution in [-0.2, 0) is 5.41 Å². The van der Waals surface area contributed by atoms with Gasteiger partial charge in [-0.2, -0.15) is 0 Å². The van der Waals surface area contributed by atoms with Gasteiger partial charge in [-0.05, 0) is 42.5 Å². The molecule has 0 saturated carbocycles. The SMILES string of the molecule is Cc1ccc(C(C)(C)C)cc1N(C)CCCN. The molecule has 0 aromatic heterocycles. The van der Waals surface area contributed by atoms with Gasteiger partial charge < -0.3 is 10.6 Å². The third-order valence-electron chi connectivity index (χ3n) is 3.18. The lowest BCUT2D eigenvalue weighted by Crippen LogP contribution is -2.22. The number of hydrogen-bond acceptors (Lipinski definition) is 2. The maximum Gasteiger partial charge on any atom is 0.0396 e. The lowest BCUT2D eigenvalue weighted by atomic mass is 9.86. The van der Waals surface area contributed by atoms with Gasteiger partial charge in [0.1, 0.15) is 0 Å². The van der Waals surface area contributed by atoms with Gasteiger partial charge in [-0.3, -0.25) is 0 Å². The van der Waals surface area contributed by atoms with Crippen molar-refractivity contribution >= 4 is 5.69 Å². The predicted molar refractivity (Wildman–Crippen MR) is 76.8 cm³/mol. The van der Waals surface area contributed by atoms with Gasteiger partial charge in [0.25, 0.3) is 0 Å². The Kier molecular flexibility index (Phi) is 4.58. The molecule has 2 nitrogen and oxygen atoms in total. The van der Waals surface area contributed by atoms with E-state index in [0.29, 0.717) is 0 Å². The molecule has 0 atom stereocenters. The van der Waals surface area contributed by atoms with Crippen molar-refractivity contribution in [2.45, 2.75) is 39.5 Å². The first-order valence-electron chi connectivity index (χ1n) is 6.38. The fourth-order valence-electron chi connectivity index (χ4n) is 1.94. The molecule has 96 valence electrons. The normalized spacial score (nSPS) is 11.6. The first kappa shape index (κ1) is 14.0. The summed E-state index contributed by atoms with van der Waals surface area (Å²) >= 11 is 0. The lowest BCUT2D eigenvalue weighted by Gasteiger charge is -2.25. The third kappa shape index (κ3) is 3.74. The largest absolute Gasteiger partial charge is 0.374 e. The lowest BCUT2D eigenvalue weighted by molar-refractivity contribution is 0.590. The molecule has 1 aromatic carbocycles. The number of anilines is 1. The Hall–Kier alpha value is -1.02. The van der Waals surface area contributed by atoms with E-state index in [4.69, 9.17) is 5.73 Å². The fourth-order valence-corrected chi connectivity index (χ4v) is 1.94. The maximum atomic E-state index is 5.57. The molecular weight excluding hydrogens is 208 g/mol. The van der Waals surface area contributed by atoms with Crippen molar-refractivity contribution in [3.8, 4) is 0 Å². The van der Waals surface area contributed by atoms with Crippen LogP contribution in [-0.4, -0.2) is 20.1 Å². The second-order valence-corrected chi connectivity index (χ2v) is 5.82. The highest BCUT2D eigenvalue weighted by Gasteiger charge is 2.15. The van der Waals surface area contributed by atoms with E-state index in [1.165, 1.54) is 16.8 Å². The van der Waals surface area contributed by atoms with Crippen LogP contribution in [0.15, 0.2) is 18.2 Å². The van der Waals surface area contributed by atoms with Crippen LogP contribution < -0.4 is 10.6 Å². The highest BCUT2D eigenvalue weighted by Crippen LogP contribution is 2.28. The Bertz CT molecular complexity index is 364. The minimum atomic E-state index is 0.206. The van der Waals surface area contributed by atoms with E-state index in [1.54, 1.807) is 0 Å². The summed E-state index contributed by atoms with van der Waals surface area (Å²) in [6, 6.07) is 6.76. The number of hydrogen-bond donors (Lipinski definition) is 1. The topological polar surface area (TPSA) is 29.3 Å². The van der Waals surface area contributed by atoms with Crippen LogP contribution in [0.1, 0.15) is 38.3 Å². The van der Waals surface area contributed by atoms with Gasteiger partial charge in [0, 0.05) is 19.3 Å². The molecule has 0 saturated heterocycles. The van der Waals surface area contributed by atoms with Crippen LogP contribution in [0.5, 0.6) is 0 Å². The van der Waals surface area contributed by atoms with E-state index in [1.807, 2.05) is 0 Å². The third-order valence-corrected chi connectivity index (χ3v) is 3.18. The second-order valence-electron chi connectivity index (χ2n) is 5.82. The van der Waals surface area contributed by atoms with Crippen molar-refractivity contribution in [3.63, 3.8) is 0 Å². The summed E-state index contributed by atoms with van der Waals surface area (Å²) < 4.78 is 0. The van der Waals surface area contributed by atoms with Crippen molar-refractivity contribution < 1.29 is 0 Å². The maximum absolute atomic E-state index is 5.57. The van der Waals surface area contributed by atoms with Crippen molar-refractivity contribution in [3.05, 3.63) is 29.3 Å². The summed E-state index contributed by atoms with van der Waals surface area (Å²) in [5, 5.41) is 0. The molecule has 1 rings (SSSR count). The summed E-state index contributed by atoms with van der Waals surface area (Å²) in [5.74, 6) is 0. The molecule has 2 N–H and O–H groups in total. The molecule has 0 radical (unpaired) electrons. The molecule has 0 heterocycles. The Balaban J connectivity index is 2.98.